The lowest BCUT2D eigenvalue weighted by atomic mass is 9.90. The Balaban J connectivity index is 2.20. The van der Waals surface area contributed by atoms with Gasteiger partial charge < -0.3 is 9.64 Å². The van der Waals surface area contributed by atoms with Gasteiger partial charge in [0.25, 0.3) is 0 Å². The second kappa shape index (κ2) is 8.04. The molecule has 1 saturated heterocycles. The molecule has 1 atom stereocenters. The van der Waals surface area contributed by atoms with Gasteiger partial charge in [-0.15, -0.1) is 0 Å². The maximum Gasteiger partial charge on any atom is 0.324 e. The highest BCUT2D eigenvalue weighted by Crippen LogP contribution is 2.22. The molecule has 24 heavy (non-hydrogen) atoms. The van der Waals surface area contributed by atoms with Crippen LogP contribution in [0.1, 0.15) is 19.8 Å². The van der Waals surface area contributed by atoms with Gasteiger partial charge in [0, 0.05) is 0 Å². The Morgan fingerprint density at radius 2 is 1.92 bits per heavy atom. The van der Waals surface area contributed by atoms with Crippen molar-refractivity contribution in [3.63, 3.8) is 0 Å². The quantitative estimate of drug-likeness (QED) is 0.778. The molecule has 8 heteroatoms. The first-order valence-electron chi connectivity index (χ1n) is 7.96. The van der Waals surface area contributed by atoms with Gasteiger partial charge >= 0.3 is 5.97 Å². The maximum absolute atomic E-state index is 13.0. The lowest BCUT2D eigenvalue weighted by molar-refractivity contribution is -0.147. The van der Waals surface area contributed by atoms with Gasteiger partial charge in [0.1, 0.15) is 11.9 Å². The van der Waals surface area contributed by atoms with Crippen molar-refractivity contribution in [1.82, 2.24) is 9.62 Å². The molecular formula is C16H23FN2O4S. The predicted molar refractivity (Wildman–Crippen MR) is 87.4 cm³/mol. The molecule has 1 aliphatic heterocycles. The second-order valence-electron chi connectivity index (χ2n) is 5.95. The topological polar surface area (TPSA) is 75.7 Å². The number of rotatable bonds is 6. The Morgan fingerprint density at radius 3 is 2.46 bits per heavy atom. The van der Waals surface area contributed by atoms with E-state index in [1.54, 1.807) is 6.92 Å². The van der Waals surface area contributed by atoms with Crippen molar-refractivity contribution in [3.8, 4) is 0 Å². The minimum Gasteiger partial charge on any atom is -0.465 e. The number of sulfonamides is 1. The Bertz CT molecular complexity index is 655. The number of ether oxygens (including phenoxy) is 1. The zero-order chi connectivity index (χ0) is 17.7. The summed E-state index contributed by atoms with van der Waals surface area (Å²) in [6.45, 7) is 3.44. The van der Waals surface area contributed by atoms with Crippen molar-refractivity contribution in [1.29, 1.82) is 0 Å². The molecule has 0 aliphatic carbocycles. The second-order valence-corrected chi connectivity index (χ2v) is 7.66. The minimum absolute atomic E-state index is 0.0777. The summed E-state index contributed by atoms with van der Waals surface area (Å²) in [5.41, 5.74) is 0. The van der Waals surface area contributed by atoms with Crippen LogP contribution < -0.4 is 4.72 Å². The van der Waals surface area contributed by atoms with Crippen LogP contribution in [0.5, 0.6) is 0 Å². The summed E-state index contributed by atoms with van der Waals surface area (Å²) in [6.07, 6.45) is 1.40. The highest BCUT2D eigenvalue weighted by atomic mass is 32.2. The van der Waals surface area contributed by atoms with Crippen LogP contribution in [0.2, 0.25) is 0 Å². The fourth-order valence-electron chi connectivity index (χ4n) is 2.78. The van der Waals surface area contributed by atoms with E-state index < -0.39 is 27.9 Å². The smallest absolute Gasteiger partial charge is 0.324 e. The molecule has 1 aromatic carbocycles. The number of hydrogen-bond donors (Lipinski definition) is 1. The molecule has 0 amide bonds. The number of benzene rings is 1. The van der Waals surface area contributed by atoms with Gasteiger partial charge in [-0.2, -0.15) is 4.72 Å². The molecule has 1 N–H and O–H groups in total. The first-order chi connectivity index (χ1) is 11.3. The molecule has 134 valence electrons. The van der Waals surface area contributed by atoms with Crippen LogP contribution >= 0.6 is 0 Å². The highest BCUT2D eigenvalue weighted by Gasteiger charge is 2.35. The number of piperidine rings is 1. The largest absolute Gasteiger partial charge is 0.465 e. The molecule has 1 unspecified atom stereocenters. The Kier molecular flexibility index (Phi) is 6.31. The average molecular weight is 358 g/mol. The van der Waals surface area contributed by atoms with E-state index in [0.29, 0.717) is 12.8 Å². The third-order valence-electron chi connectivity index (χ3n) is 4.18. The van der Waals surface area contributed by atoms with E-state index in [2.05, 4.69) is 9.62 Å². The minimum atomic E-state index is -3.93. The van der Waals surface area contributed by atoms with E-state index in [4.69, 9.17) is 4.74 Å². The van der Waals surface area contributed by atoms with Crippen LogP contribution in [0.25, 0.3) is 0 Å². The number of carbonyl (C=O) groups is 1. The number of carbonyl (C=O) groups excluding carboxylic acids is 1. The van der Waals surface area contributed by atoms with Gasteiger partial charge in [-0.25, -0.2) is 12.8 Å². The highest BCUT2D eigenvalue weighted by molar-refractivity contribution is 7.89. The number of esters is 1. The molecule has 0 spiro atoms. The zero-order valence-electron chi connectivity index (χ0n) is 13.9. The first kappa shape index (κ1) is 18.8. The van der Waals surface area contributed by atoms with E-state index in [1.807, 2.05) is 7.05 Å². The summed E-state index contributed by atoms with van der Waals surface area (Å²) in [7, 11) is -1.95. The SMILES string of the molecule is CCOC(=O)C(NS(=O)(=O)c1ccc(F)cc1)C1CCN(C)CC1. The number of hydrogen-bond acceptors (Lipinski definition) is 5. The predicted octanol–water partition coefficient (Wildman–Crippen LogP) is 1.38. The molecule has 0 radical (unpaired) electrons. The summed E-state index contributed by atoms with van der Waals surface area (Å²) >= 11 is 0. The van der Waals surface area contributed by atoms with Crippen LogP contribution in [0.15, 0.2) is 29.2 Å². The summed E-state index contributed by atoms with van der Waals surface area (Å²) in [5, 5.41) is 0. The van der Waals surface area contributed by atoms with Crippen molar-refractivity contribution in [2.75, 3.05) is 26.7 Å². The lowest BCUT2D eigenvalue weighted by Crippen LogP contribution is -2.49. The summed E-state index contributed by atoms with van der Waals surface area (Å²) < 4.78 is 45.5. The fourth-order valence-corrected chi connectivity index (χ4v) is 4.03. The van der Waals surface area contributed by atoms with E-state index in [-0.39, 0.29) is 17.4 Å². The summed E-state index contributed by atoms with van der Waals surface area (Å²) in [5.74, 6) is -1.22. The van der Waals surface area contributed by atoms with Crippen LogP contribution in [0, 0.1) is 11.7 Å². The van der Waals surface area contributed by atoms with Gasteiger partial charge in [-0.05, 0) is 70.1 Å². The summed E-state index contributed by atoms with van der Waals surface area (Å²) in [4.78, 5) is 14.3. The van der Waals surface area contributed by atoms with Crippen molar-refractivity contribution in [2.45, 2.75) is 30.7 Å². The molecule has 1 heterocycles. The average Bonchev–Trinajstić information content (AvgIpc) is 2.54. The van der Waals surface area contributed by atoms with Crippen LogP contribution in [-0.4, -0.2) is 52.1 Å². The molecule has 0 bridgehead atoms. The fraction of sp³-hybridized carbons (Fsp3) is 0.562. The maximum atomic E-state index is 13.0. The molecule has 6 nitrogen and oxygen atoms in total. The Labute approximate surface area is 142 Å². The van der Waals surface area contributed by atoms with E-state index >= 15 is 0 Å². The van der Waals surface area contributed by atoms with Crippen LogP contribution in [-0.2, 0) is 19.6 Å². The number of likely N-dealkylation sites (tertiary alicyclic amines) is 1. The number of halogens is 1. The van der Waals surface area contributed by atoms with Gasteiger partial charge in [0.05, 0.1) is 11.5 Å². The monoisotopic (exact) mass is 358 g/mol. The van der Waals surface area contributed by atoms with E-state index in [9.17, 15) is 17.6 Å². The van der Waals surface area contributed by atoms with Crippen molar-refractivity contribution in [2.24, 2.45) is 5.92 Å². The normalized spacial score (nSPS) is 18.3. The van der Waals surface area contributed by atoms with Gasteiger partial charge in [-0.3, -0.25) is 4.79 Å². The molecule has 0 aromatic heterocycles. The summed E-state index contributed by atoms with van der Waals surface area (Å²) in [6, 6.07) is 3.56. The Morgan fingerprint density at radius 1 is 1.33 bits per heavy atom. The number of nitrogens with one attached hydrogen (secondary N) is 1. The van der Waals surface area contributed by atoms with E-state index in [1.165, 1.54) is 12.1 Å². The molecule has 2 rings (SSSR count). The van der Waals surface area contributed by atoms with Gasteiger partial charge in [-0.1, -0.05) is 0 Å². The molecule has 1 aromatic rings. The third kappa shape index (κ3) is 4.75. The molecule has 1 fully saturated rings. The number of nitrogens with zero attached hydrogens (tertiary/aromatic N) is 1. The molecule has 1 aliphatic rings. The zero-order valence-corrected chi connectivity index (χ0v) is 14.7. The van der Waals surface area contributed by atoms with Crippen LogP contribution in [0.3, 0.4) is 0 Å². The third-order valence-corrected chi connectivity index (χ3v) is 5.64. The molecule has 0 saturated carbocycles. The van der Waals surface area contributed by atoms with Gasteiger partial charge in [0.15, 0.2) is 0 Å². The van der Waals surface area contributed by atoms with E-state index in [0.717, 1.165) is 25.2 Å². The lowest BCUT2D eigenvalue weighted by Gasteiger charge is -2.33. The first-order valence-corrected chi connectivity index (χ1v) is 9.45. The van der Waals surface area contributed by atoms with Crippen molar-refractivity contribution < 1.29 is 22.3 Å². The van der Waals surface area contributed by atoms with Gasteiger partial charge in [0.2, 0.25) is 10.0 Å². The Hall–Kier alpha value is -1.51. The standard InChI is InChI=1S/C16H23FN2O4S/c1-3-23-16(20)15(12-8-10-19(2)11-9-12)18-24(21,22)14-6-4-13(17)5-7-14/h4-7,12,15,18H,3,8-11H2,1-2H3. The van der Waals surface area contributed by atoms with Crippen molar-refractivity contribution in [3.05, 3.63) is 30.1 Å². The molecular weight excluding hydrogens is 335 g/mol. The van der Waals surface area contributed by atoms with Crippen LogP contribution in [0.4, 0.5) is 4.39 Å². The van der Waals surface area contributed by atoms with Crippen molar-refractivity contribution >= 4 is 16.0 Å².